The van der Waals surface area contributed by atoms with Gasteiger partial charge in [0.15, 0.2) is 0 Å². The first-order valence-corrected chi connectivity index (χ1v) is 10.7. The van der Waals surface area contributed by atoms with Crippen LogP contribution in [-0.2, 0) is 9.59 Å². The second kappa shape index (κ2) is 11.6. The van der Waals surface area contributed by atoms with E-state index in [1.165, 1.54) is 23.9 Å². The molecule has 5 nitrogen and oxygen atoms in total. The maximum Gasteiger partial charge on any atom is 0.335 e. The Balaban J connectivity index is 1.71. The molecule has 0 saturated carbocycles. The Labute approximate surface area is 191 Å². The zero-order chi connectivity index (χ0) is 22.8. The average molecular weight is 447 g/mol. The van der Waals surface area contributed by atoms with E-state index in [2.05, 4.69) is 0 Å². The maximum absolute atomic E-state index is 11.7. The van der Waals surface area contributed by atoms with Gasteiger partial charge in [0.1, 0.15) is 23.0 Å². The summed E-state index contributed by atoms with van der Waals surface area (Å²) in [6.45, 7) is 3.51. The summed E-state index contributed by atoms with van der Waals surface area (Å²) in [7, 11) is 0. The van der Waals surface area contributed by atoms with Crippen molar-refractivity contribution in [3.05, 3.63) is 97.1 Å². The molecule has 0 aromatic heterocycles. The van der Waals surface area contributed by atoms with E-state index >= 15 is 0 Å². The molecule has 0 radical (unpaired) electrons. The molecule has 6 heteroatoms. The van der Waals surface area contributed by atoms with Gasteiger partial charge in [0.2, 0.25) is 0 Å². The minimum Gasteiger partial charge on any atom is -0.456 e. The molecule has 0 unspecified atom stereocenters. The van der Waals surface area contributed by atoms with Crippen LogP contribution < -0.4 is 14.2 Å². The lowest BCUT2D eigenvalue weighted by molar-refractivity contribution is -0.129. The summed E-state index contributed by atoms with van der Waals surface area (Å²) in [5, 5.41) is 0. The van der Waals surface area contributed by atoms with E-state index in [0.29, 0.717) is 23.0 Å². The number of rotatable bonds is 8. The predicted molar refractivity (Wildman–Crippen MR) is 124 cm³/mol. The van der Waals surface area contributed by atoms with Gasteiger partial charge in [-0.2, -0.15) is 0 Å². The van der Waals surface area contributed by atoms with Crippen molar-refractivity contribution in [1.29, 1.82) is 0 Å². The molecule has 3 rings (SSSR count). The van der Waals surface area contributed by atoms with Crippen molar-refractivity contribution >= 4 is 23.7 Å². The molecule has 0 aliphatic rings. The van der Waals surface area contributed by atoms with Crippen molar-refractivity contribution in [3.8, 4) is 23.0 Å². The van der Waals surface area contributed by atoms with Crippen molar-refractivity contribution in [3.63, 3.8) is 0 Å². The van der Waals surface area contributed by atoms with Gasteiger partial charge in [-0.05, 0) is 62.4 Å². The summed E-state index contributed by atoms with van der Waals surface area (Å²) in [6.07, 6.45) is 5.97. The number of esters is 2. The Hall–Kier alpha value is -3.77. The van der Waals surface area contributed by atoms with Crippen molar-refractivity contribution in [1.82, 2.24) is 0 Å². The fourth-order valence-electron chi connectivity index (χ4n) is 2.62. The molecule has 0 heterocycles. The van der Waals surface area contributed by atoms with Crippen LogP contribution in [0.2, 0.25) is 0 Å². The Morgan fingerprint density at radius 2 is 1.34 bits per heavy atom. The smallest absolute Gasteiger partial charge is 0.335 e. The lowest BCUT2D eigenvalue weighted by Crippen LogP contribution is -2.03. The second-order valence-corrected chi connectivity index (χ2v) is 7.55. The highest BCUT2D eigenvalue weighted by molar-refractivity contribution is 7.99. The van der Waals surface area contributed by atoms with Gasteiger partial charge in [-0.15, -0.1) is 0 Å². The molecule has 162 valence electrons. The number of benzene rings is 3. The Kier molecular flexibility index (Phi) is 8.29. The molecule has 0 aliphatic heterocycles. The lowest BCUT2D eigenvalue weighted by Gasteiger charge is -2.12. The van der Waals surface area contributed by atoms with Gasteiger partial charge >= 0.3 is 11.9 Å². The summed E-state index contributed by atoms with van der Waals surface area (Å²) in [6, 6.07) is 21.8. The molecule has 0 fully saturated rings. The lowest BCUT2D eigenvalue weighted by atomic mass is 10.3. The van der Waals surface area contributed by atoms with E-state index in [-0.39, 0.29) is 0 Å². The normalized spacial score (nSPS) is 10.9. The first-order valence-electron chi connectivity index (χ1n) is 9.91. The third kappa shape index (κ3) is 6.89. The summed E-state index contributed by atoms with van der Waals surface area (Å²) >= 11 is 1.52. The SMILES string of the molecule is C/C=C/C(=O)Oc1ccc(Sc2ccccc2Oc2cccc(OC(=O)/C=C/C)c2)cc1. The van der Waals surface area contributed by atoms with E-state index in [4.69, 9.17) is 14.2 Å². The molecule has 0 spiro atoms. The van der Waals surface area contributed by atoms with Crippen molar-refractivity contribution < 1.29 is 23.8 Å². The van der Waals surface area contributed by atoms with Gasteiger partial charge < -0.3 is 14.2 Å². The number of hydrogen-bond acceptors (Lipinski definition) is 6. The quantitative estimate of drug-likeness (QED) is 0.221. The van der Waals surface area contributed by atoms with E-state index in [1.54, 1.807) is 62.4 Å². The van der Waals surface area contributed by atoms with Crippen LogP contribution in [0.15, 0.2) is 107 Å². The highest BCUT2D eigenvalue weighted by Crippen LogP contribution is 2.38. The Morgan fingerprint density at radius 1 is 0.719 bits per heavy atom. The Bertz CT molecular complexity index is 1130. The van der Waals surface area contributed by atoms with Gasteiger partial charge in [-0.1, -0.05) is 42.1 Å². The molecule has 0 N–H and O–H groups in total. The number of allylic oxidation sites excluding steroid dienone is 2. The van der Waals surface area contributed by atoms with Crippen molar-refractivity contribution in [2.45, 2.75) is 23.6 Å². The number of carbonyl (C=O) groups is 2. The van der Waals surface area contributed by atoms with E-state index in [9.17, 15) is 9.59 Å². The van der Waals surface area contributed by atoms with Gasteiger partial charge in [-0.25, -0.2) is 9.59 Å². The van der Waals surface area contributed by atoms with Gasteiger partial charge in [0.25, 0.3) is 0 Å². The molecular weight excluding hydrogens is 424 g/mol. The molecule has 0 amide bonds. The third-order valence-electron chi connectivity index (χ3n) is 3.98. The number of carbonyl (C=O) groups excluding carboxylic acids is 2. The van der Waals surface area contributed by atoms with Crippen LogP contribution in [0.1, 0.15) is 13.8 Å². The number of ether oxygens (including phenoxy) is 3. The molecule has 0 atom stereocenters. The van der Waals surface area contributed by atoms with E-state index in [0.717, 1.165) is 9.79 Å². The number of para-hydroxylation sites is 1. The summed E-state index contributed by atoms with van der Waals surface area (Å²) in [5.41, 5.74) is 0. The Morgan fingerprint density at radius 3 is 2.03 bits per heavy atom. The molecule has 0 saturated heterocycles. The topological polar surface area (TPSA) is 61.8 Å². The molecule has 0 bridgehead atoms. The van der Waals surface area contributed by atoms with Crippen molar-refractivity contribution in [2.24, 2.45) is 0 Å². The first-order chi connectivity index (χ1) is 15.6. The van der Waals surface area contributed by atoms with Crippen molar-refractivity contribution in [2.75, 3.05) is 0 Å². The van der Waals surface area contributed by atoms with Gasteiger partial charge in [0.05, 0.1) is 4.90 Å². The maximum atomic E-state index is 11.7. The molecule has 3 aromatic rings. The molecular formula is C26H22O5S. The third-order valence-corrected chi connectivity index (χ3v) is 5.04. The van der Waals surface area contributed by atoms with Crippen LogP contribution in [0.25, 0.3) is 0 Å². The van der Waals surface area contributed by atoms with Crippen LogP contribution in [0.5, 0.6) is 23.0 Å². The predicted octanol–water partition coefficient (Wildman–Crippen LogP) is 6.59. The summed E-state index contributed by atoms with van der Waals surface area (Å²) < 4.78 is 16.5. The molecule has 3 aromatic carbocycles. The number of hydrogen-bond donors (Lipinski definition) is 0. The first kappa shape index (κ1) is 22.9. The standard InChI is InChI=1S/C26H22O5S/c1-3-8-25(27)30-19-14-16-22(17-15-19)32-24-13-6-5-12-23(24)29-20-10-7-11-21(18-20)31-26(28)9-4-2/h3-18H,1-2H3/b8-3+,9-4+. The zero-order valence-electron chi connectivity index (χ0n) is 17.7. The molecule has 32 heavy (non-hydrogen) atoms. The highest BCUT2D eigenvalue weighted by Gasteiger charge is 2.09. The zero-order valence-corrected chi connectivity index (χ0v) is 18.5. The van der Waals surface area contributed by atoms with Crippen LogP contribution in [0, 0.1) is 0 Å². The van der Waals surface area contributed by atoms with Gasteiger partial charge in [0, 0.05) is 23.1 Å². The summed E-state index contributed by atoms with van der Waals surface area (Å²) in [5.74, 6) is 1.24. The minimum atomic E-state index is -0.444. The second-order valence-electron chi connectivity index (χ2n) is 6.44. The van der Waals surface area contributed by atoms with E-state index in [1.807, 2.05) is 36.4 Å². The van der Waals surface area contributed by atoms with E-state index < -0.39 is 11.9 Å². The van der Waals surface area contributed by atoms with Crippen LogP contribution >= 0.6 is 11.8 Å². The molecule has 0 aliphatic carbocycles. The largest absolute Gasteiger partial charge is 0.456 e. The fourth-order valence-corrected chi connectivity index (χ4v) is 3.51. The van der Waals surface area contributed by atoms with Crippen LogP contribution in [0.3, 0.4) is 0 Å². The summed E-state index contributed by atoms with van der Waals surface area (Å²) in [4.78, 5) is 25.1. The fraction of sp³-hybridized carbons (Fsp3) is 0.0769. The van der Waals surface area contributed by atoms with Gasteiger partial charge in [-0.3, -0.25) is 0 Å². The monoisotopic (exact) mass is 446 g/mol. The van der Waals surface area contributed by atoms with Crippen LogP contribution in [0.4, 0.5) is 0 Å². The van der Waals surface area contributed by atoms with Crippen LogP contribution in [-0.4, -0.2) is 11.9 Å². The minimum absolute atomic E-state index is 0.402. The highest BCUT2D eigenvalue weighted by atomic mass is 32.2. The average Bonchev–Trinajstić information content (AvgIpc) is 2.77.